The lowest BCUT2D eigenvalue weighted by Crippen LogP contribution is -2.44. The van der Waals surface area contributed by atoms with Crippen LogP contribution in [0, 0.1) is 5.41 Å². The molecular weight excluding hydrogens is 338 g/mol. The molecule has 2 aliphatic heterocycles. The Morgan fingerprint density at radius 2 is 1.88 bits per heavy atom. The molecule has 0 unspecified atom stereocenters. The fourth-order valence-electron chi connectivity index (χ4n) is 4.16. The molecule has 0 radical (unpaired) electrons. The van der Waals surface area contributed by atoms with E-state index in [9.17, 15) is 9.59 Å². The maximum absolute atomic E-state index is 13.0. The number of nitrogens with one attached hydrogen (secondary N) is 1. The van der Waals surface area contributed by atoms with Gasteiger partial charge in [-0.1, -0.05) is 18.2 Å². The SMILES string of the molecule is Cl.Cn1c(=O)cc(C(=O)N2CCC3(CCNC3)CC2)c2ccccc21. The Bertz CT molecular complexity index is 845. The van der Waals surface area contributed by atoms with Gasteiger partial charge in [-0.05, 0) is 37.3 Å². The highest BCUT2D eigenvalue weighted by molar-refractivity contribution is 6.06. The highest BCUT2D eigenvalue weighted by Gasteiger charge is 2.38. The molecule has 134 valence electrons. The molecule has 1 spiro atoms. The standard InChI is InChI=1S/C19H23N3O2.ClH/c1-21-16-5-3-2-4-14(16)15(12-17(21)23)18(24)22-10-7-19(8-11-22)6-9-20-13-19;/h2-5,12,20H,6-11,13H2,1H3;1H. The van der Waals surface area contributed by atoms with Crippen LogP contribution in [0.15, 0.2) is 35.1 Å². The number of hydrogen-bond acceptors (Lipinski definition) is 3. The summed E-state index contributed by atoms with van der Waals surface area (Å²) in [5.41, 5.74) is 1.59. The van der Waals surface area contributed by atoms with Crippen LogP contribution >= 0.6 is 12.4 Å². The summed E-state index contributed by atoms with van der Waals surface area (Å²) >= 11 is 0. The van der Waals surface area contributed by atoms with E-state index in [4.69, 9.17) is 0 Å². The van der Waals surface area contributed by atoms with Crippen molar-refractivity contribution in [2.45, 2.75) is 19.3 Å². The number of fused-ring (bicyclic) bond motifs is 1. The normalized spacial score (nSPS) is 19.2. The molecule has 6 heteroatoms. The van der Waals surface area contributed by atoms with Crippen molar-refractivity contribution in [3.63, 3.8) is 0 Å². The van der Waals surface area contributed by atoms with Crippen LogP contribution in [-0.2, 0) is 7.05 Å². The third-order valence-corrected chi connectivity index (χ3v) is 5.83. The number of para-hydroxylation sites is 1. The molecule has 4 rings (SSSR count). The van der Waals surface area contributed by atoms with E-state index in [1.165, 1.54) is 12.5 Å². The Kier molecular flexibility index (Phi) is 4.89. The molecule has 2 aliphatic rings. The number of nitrogens with zero attached hydrogens (tertiary/aromatic N) is 2. The molecule has 0 atom stereocenters. The van der Waals surface area contributed by atoms with E-state index >= 15 is 0 Å². The molecule has 1 amide bonds. The van der Waals surface area contributed by atoms with Crippen molar-refractivity contribution in [2.24, 2.45) is 12.5 Å². The number of amides is 1. The van der Waals surface area contributed by atoms with Gasteiger partial charge in [0.1, 0.15) is 0 Å². The second kappa shape index (κ2) is 6.81. The maximum Gasteiger partial charge on any atom is 0.254 e. The summed E-state index contributed by atoms with van der Waals surface area (Å²) in [5, 5.41) is 4.30. The zero-order valence-corrected chi connectivity index (χ0v) is 15.3. The minimum Gasteiger partial charge on any atom is -0.339 e. The van der Waals surface area contributed by atoms with Crippen molar-refractivity contribution < 1.29 is 4.79 Å². The van der Waals surface area contributed by atoms with Gasteiger partial charge in [0.25, 0.3) is 11.5 Å². The van der Waals surface area contributed by atoms with Crippen molar-refractivity contribution in [3.8, 4) is 0 Å². The molecule has 0 aliphatic carbocycles. The molecule has 2 aromatic rings. The molecule has 0 saturated carbocycles. The van der Waals surface area contributed by atoms with E-state index in [0.717, 1.165) is 49.9 Å². The molecule has 3 heterocycles. The van der Waals surface area contributed by atoms with Crippen molar-refractivity contribution in [1.29, 1.82) is 0 Å². The Morgan fingerprint density at radius 1 is 1.16 bits per heavy atom. The molecule has 2 fully saturated rings. The van der Waals surface area contributed by atoms with Crippen molar-refractivity contribution in [1.82, 2.24) is 14.8 Å². The fraction of sp³-hybridized carbons (Fsp3) is 0.474. The Hall–Kier alpha value is -1.85. The van der Waals surface area contributed by atoms with E-state index in [0.29, 0.717) is 11.0 Å². The summed E-state index contributed by atoms with van der Waals surface area (Å²) in [7, 11) is 1.75. The minimum atomic E-state index is -0.134. The Labute approximate surface area is 153 Å². The molecule has 1 N–H and O–H groups in total. The summed E-state index contributed by atoms with van der Waals surface area (Å²) in [6.07, 6.45) is 3.31. The molecule has 2 saturated heterocycles. The topological polar surface area (TPSA) is 54.3 Å². The zero-order chi connectivity index (χ0) is 16.7. The smallest absolute Gasteiger partial charge is 0.254 e. The highest BCUT2D eigenvalue weighted by Crippen LogP contribution is 2.37. The van der Waals surface area contributed by atoms with E-state index in [-0.39, 0.29) is 23.9 Å². The fourth-order valence-corrected chi connectivity index (χ4v) is 4.16. The number of carbonyl (C=O) groups is 1. The summed E-state index contributed by atoms with van der Waals surface area (Å²) < 4.78 is 1.60. The second-order valence-corrected chi connectivity index (χ2v) is 7.19. The van der Waals surface area contributed by atoms with Crippen molar-refractivity contribution in [3.05, 3.63) is 46.2 Å². The van der Waals surface area contributed by atoms with Gasteiger partial charge < -0.3 is 14.8 Å². The molecule has 1 aromatic heterocycles. The van der Waals surface area contributed by atoms with E-state index in [1.54, 1.807) is 11.6 Å². The molecule has 0 bridgehead atoms. The number of benzene rings is 1. The number of likely N-dealkylation sites (tertiary alicyclic amines) is 1. The monoisotopic (exact) mass is 361 g/mol. The number of pyridine rings is 1. The van der Waals surface area contributed by atoms with Gasteiger partial charge in [-0.15, -0.1) is 12.4 Å². The van der Waals surface area contributed by atoms with Crippen LogP contribution in [0.25, 0.3) is 10.9 Å². The average Bonchev–Trinajstić information content (AvgIpc) is 3.06. The molecule has 25 heavy (non-hydrogen) atoms. The number of halogens is 1. The molecular formula is C19H24ClN3O2. The first-order chi connectivity index (χ1) is 11.6. The highest BCUT2D eigenvalue weighted by atomic mass is 35.5. The van der Waals surface area contributed by atoms with E-state index in [1.807, 2.05) is 29.2 Å². The van der Waals surface area contributed by atoms with Crippen LogP contribution in [0.1, 0.15) is 29.6 Å². The van der Waals surface area contributed by atoms with Crippen LogP contribution in [0.5, 0.6) is 0 Å². The quantitative estimate of drug-likeness (QED) is 0.847. The summed E-state index contributed by atoms with van der Waals surface area (Å²) in [6.45, 7) is 3.73. The van der Waals surface area contributed by atoms with Gasteiger partial charge in [0, 0.05) is 38.1 Å². The number of aromatic nitrogens is 1. The lowest BCUT2D eigenvalue weighted by Gasteiger charge is -2.39. The third-order valence-electron chi connectivity index (χ3n) is 5.83. The van der Waals surface area contributed by atoms with Gasteiger partial charge in [0.2, 0.25) is 0 Å². The van der Waals surface area contributed by atoms with Crippen LogP contribution < -0.4 is 10.9 Å². The van der Waals surface area contributed by atoms with Crippen molar-refractivity contribution >= 4 is 29.2 Å². The number of carbonyl (C=O) groups excluding carboxylic acids is 1. The van der Waals surface area contributed by atoms with Crippen LogP contribution in [0.2, 0.25) is 0 Å². The first kappa shape index (κ1) is 18.0. The van der Waals surface area contributed by atoms with E-state index in [2.05, 4.69) is 5.32 Å². The van der Waals surface area contributed by atoms with Crippen molar-refractivity contribution in [2.75, 3.05) is 26.2 Å². The summed E-state index contributed by atoms with van der Waals surface area (Å²) in [4.78, 5) is 27.2. The summed E-state index contributed by atoms with van der Waals surface area (Å²) in [6, 6.07) is 9.12. The lowest BCUT2D eigenvalue weighted by atomic mass is 9.77. The largest absolute Gasteiger partial charge is 0.339 e. The van der Waals surface area contributed by atoms with Crippen LogP contribution in [0.3, 0.4) is 0 Å². The Morgan fingerprint density at radius 3 is 2.56 bits per heavy atom. The predicted molar refractivity (Wildman–Crippen MR) is 101 cm³/mol. The number of piperidine rings is 1. The third kappa shape index (κ3) is 3.07. The summed E-state index contributed by atoms with van der Waals surface area (Å²) in [5.74, 6) is -0.00953. The maximum atomic E-state index is 13.0. The zero-order valence-electron chi connectivity index (χ0n) is 14.5. The lowest BCUT2D eigenvalue weighted by molar-refractivity contribution is 0.0609. The Balaban J connectivity index is 0.00000182. The van der Waals surface area contributed by atoms with E-state index < -0.39 is 0 Å². The average molecular weight is 362 g/mol. The number of rotatable bonds is 1. The second-order valence-electron chi connectivity index (χ2n) is 7.19. The molecule has 5 nitrogen and oxygen atoms in total. The van der Waals surface area contributed by atoms with Gasteiger partial charge in [0.15, 0.2) is 0 Å². The number of aryl methyl sites for hydroxylation is 1. The first-order valence-electron chi connectivity index (χ1n) is 8.68. The van der Waals surface area contributed by atoms with Gasteiger partial charge in [0.05, 0.1) is 11.1 Å². The molecule has 1 aromatic carbocycles. The van der Waals surface area contributed by atoms with Gasteiger partial charge in [-0.2, -0.15) is 0 Å². The number of hydrogen-bond donors (Lipinski definition) is 1. The van der Waals surface area contributed by atoms with Gasteiger partial charge >= 0.3 is 0 Å². The minimum absolute atomic E-state index is 0. The van der Waals surface area contributed by atoms with Crippen LogP contribution in [-0.4, -0.2) is 41.6 Å². The first-order valence-corrected chi connectivity index (χ1v) is 8.68. The van der Waals surface area contributed by atoms with Gasteiger partial charge in [-0.25, -0.2) is 0 Å². The van der Waals surface area contributed by atoms with Gasteiger partial charge in [-0.3, -0.25) is 9.59 Å². The van der Waals surface area contributed by atoms with Crippen LogP contribution in [0.4, 0.5) is 0 Å². The predicted octanol–water partition coefficient (Wildman–Crippen LogP) is 2.18.